The maximum Gasteiger partial charge on any atom is 0.150 e. The highest BCUT2D eigenvalue weighted by Crippen LogP contribution is 2.20. The molecule has 0 aliphatic rings. The molecule has 0 saturated heterocycles. The van der Waals surface area contributed by atoms with Crippen molar-refractivity contribution in [1.29, 1.82) is 0 Å². The van der Waals surface area contributed by atoms with Crippen molar-refractivity contribution in [2.24, 2.45) is 7.05 Å². The van der Waals surface area contributed by atoms with Gasteiger partial charge >= 0.3 is 0 Å². The van der Waals surface area contributed by atoms with Crippen LogP contribution in [0.5, 0.6) is 0 Å². The lowest BCUT2D eigenvalue weighted by Gasteiger charge is -2.05. The van der Waals surface area contributed by atoms with Crippen molar-refractivity contribution in [2.45, 2.75) is 6.92 Å². The maximum absolute atomic E-state index is 4.30. The van der Waals surface area contributed by atoms with Gasteiger partial charge < -0.3 is 9.88 Å². The highest BCUT2D eigenvalue weighted by Gasteiger charge is 2.03. The molecule has 0 fully saturated rings. The molecule has 0 radical (unpaired) electrons. The summed E-state index contributed by atoms with van der Waals surface area (Å²) in [7, 11) is 2.03. The minimum absolute atomic E-state index is 0.900. The highest BCUT2D eigenvalue weighted by atomic mass is 15.0. The van der Waals surface area contributed by atoms with Crippen LogP contribution in [-0.2, 0) is 7.05 Å². The van der Waals surface area contributed by atoms with Gasteiger partial charge in [-0.15, -0.1) is 0 Å². The molecule has 0 spiro atoms. The van der Waals surface area contributed by atoms with Crippen LogP contribution in [-0.4, -0.2) is 16.1 Å². The van der Waals surface area contributed by atoms with Crippen molar-refractivity contribution in [3.63, 3.8) is 0 Å². The molecular weight excluding hydrogens is 162 g/mol. The molecule has 68 valence electrons. The molecule has 0 atom stereocenters. The lowest BCUT2D eigenvalue weighted by Crippen LogP contribution is -2.01. The molecule has 0 amide bonds. The number of fused-ring (bicyclic) bond motifs is 1. The fraction of sp³-hybridized carbons (Fsp3) is 0.300. The van der Waals surface area contributed by atoms with Gasteiger partial charge in [0, 0.05) is 31.4 Å². The smallest absolute Gasteiger partial charge is 0.150 e. The molecule has 0 aliphatic carbocycles. The SMILES string of the molecule is CCNc1nccc2ccn(C)c12. The van der Waals surface area contributed by atoms with E-state index in [0.717, 1.165) is 12.4 Å². The first-order valence-electron chi connectivity index (χ1n) is 4.47. The van der Waals surface area contributed by atoms with Crippen molar-refractivity contribution < 1.29 is 0 Å². The third kappa shape index (κ3) is 1.26. The number of hydrogen-bond donors (Lipinski definition) is 1. The minimum Gasteiger partial charge on any atom is -0.369 e. The number of pyridine rings is 1. The Kier molecular flexibility index (Phi) is 1.93. The van der Waals surface area contributed by atoms with Crippen LogP contribution < -0.4 is 5.32 Å². The molecule has 2 heterocycles. The first-order valence-corrected chi connectivity index (χ1v) is 4.47. The topological polar surface area (TPSA) is 29.9 Å². The van der Waals surface area contributed by atoms with E-state index in [1.807, 2.05) is 25.5 Å². The summed E-state index contributed by atoms with van der Waals surface area (Å²) in [4.78, 5) is 4.30. The summed E-state index contributed by atoms with van der Waals surface area (Å²) in [5, 5.41) is 4.48. The fourth-order valence-electron chi connectivity index (χ4n) is 1.54. The lowest BCUT2D eigenvalue weighted by molar-refractivity contribution is 0.963. The molecule has 2 aromatic rings. The normalized spacial score (nSPS) is 10.6. The predicted octanol–water partition coefficient (Wildman–Crippen LogP) is 2.01. The van der Waals surface area contributed by atoms with E-state index >= 15 is 0 Å². The summed E-state index contributed by atoms with van der Waals surface area (Å²) in [6, 6.07) is 4.12. The Bertz CT molecular complexity index is 417. The van der Waals surface area contributed by atoms with Gasteiger partial charge in [0.2, 0.25) is 0 Å². The monoisotopic (exact) mass is 175 g/mol. The molecule has 0 bridgehead atoms. The molecule has 2 aromatic heterocycles. The van der Waals surface area contributed by atoms with Crippen LogP contribution in [0, 0.1) is 0 Å². The van der Waals surface area contributed by atoms with E-state index < -0.39 is 0 Å². The molecule has 0 aliphatic heterocycles. The van der Waals surface area contributed by atoms with E-state index in [-0.39, 0.29) is 0 Å². The van der Waals surface area contributed by atoms with Crippen molar-refractivity contribution in [2.75, 3.05) is 11.9 Å². The Morgan fingerprint density at radius 2 is 2.31 bits per heavy atom. The molecule has 2 rings (SSSR count). The van der Waals surface area contributed by atoms with Gasteiger partial charge in [-0.3, -0.25) is 0 Å². The van der Waals surface area contributed by atoms with Crippen molar-refractivity contribution in [3.05, 3.63) is 24.5 Å². The zero-order valence-electron chi connectivity index (χ0n) is 7.91. The number of anilines is 1. The maximum atomic E-state index is 4.30. The van der Waals surface area contributed by atoms with Gasteiger partial charge in [-0.2, -0.15) is 0 Å². The first kappa shape index (κ1) is 8.10. The third-order valence-electron chi connectivity index (χ3n) is 2.13. The van der Waals surface area contributed by atoms with Gasteiger partial charge in [0.25, 0.3) is 0 Å². The van der Waals surface area contributed by atoms with E-state index in [1.54, 1.807) is 0 Å². The predicted molar refractivity (Wildman–Crippen MR) is 54.9 cm³/mol. The highest BCUT2D eigenvalue weighted by molar-refractivity contribution is 5.89. The quantitative estimate of drug-likeness (QED) is 0.756. The van der Waals surface area contributed by atoms with Crippen LogP contribution >= 0.6 is 0 Å². The second-order valence-electron chi connectivity index (χ2n) is 3.05. The zero-order valence-corrected chi connectivity index (χ0v) is 7.91. The van der Waals surface area contributed by atoms with E-state index in [2.05, 4.69) is 27.9 Å². The number of aryl methyl sites for hydroxylation is 1. The van der Waals surface area contributed by atoms with E-state index in [9.17, 15) is 0 Å². The molecule has 3 heteroatoms. The Labute approximate surface area is 77.4 Å². The minimum atomic E-state index is 0.900. The number of nitrogens with one attached hydrogen (secondary N) is 1. The summed E-state index contributed by atoms with van der Waals surface area (Å²) in [5.41, 5.74) is 1.17. The summed E-state index contributed by atoms with van der Waals surface area (Å²) in [6.45, 7) is 2.97. The Hall–Kier alpha value is -1.51. The average Bonchev–Trinajstić information content (AvgIpc) is 2.50. The molecule has 3 nitrogen and oxygen atoms in total. The van der Waals surface area contributed by atoms with Crippen LogP contribution in [0.25, 0.3) is 10.9 Å². The number of hydrogen-bond acceptors (Lipinski definition) is 2. The molecular formula is C10H13N3. The van der Waals surface area contributed by atoms with Gasteiger partial charge in [-0.25, -0.2) is 4.98 Å². The standard InChI is InChI=1S/C10H13N3/c1-3-11-10-9-8(4-6-12-10)5-7-13(9)2/h4-7H,3H2,1-2H3,(H,11,12). The van der Waals surface area contributed by atoms with Crippen molar-refractivity contribution in [3.8, 4) is 0 Å². The molecule has 13 heavy (non-hydrogen) atoms. The van der Waals surface area contributed by atoms with Crippen molar-refractivity contribution in [1.82, 2.24) is 9.55 Å². The van der Waals surface area contributed by atoms with Gasteiger partial charge in [0.15, 0.2) is 5.82 Å². The third-order valence-corrected chi connectivity index (χ3v) is 2.13. The molecule has 0 saturated carbocycles. The van der Waals surface area contributed by atoms with E-state index in [1.165, 1.54) is 10.9 Å². The summed E-state index contributed by atoms with van der Waals surface area (Å²) in [6.07, 6.45) is 3.88. The summed E-state index contributed by atoms with van der Waals surface area (Å²) in [5.74, 6) is 0.965. The van der Waals surface area contributed by atoms with Crippen LogP contribution in [0.15, 0.2) is 24.5 Å². The second-order valence-corrected chi connectivity index (χ2v) is 3.05. The Morgan fingerprint density at radius 3 is 3.08 bits per heavy atom. The first-order chi connectivity index (χ1) is 6.33. The zero-order chi connectivity index (χ0) is 9.26. The van der Waals surface area contributed by atoms with E-state index in [0.29, 0.717) is 0 Å². The van der Waals surface area contributed by atoms with Gasteiger partial charge in [-0.1, -0.05) is 0 Å². The van der Waals surface area contributed by atoms with Crippen LogP contribution in [0.2, 0.25) is 0 Å². The number of nitrogens with zero attached hydrogens (tertiary/aromatic N) is 2. The fourth-order valence-corrected chi connectivity index (χ4v) is 1.54. The second kappa shape index (κ2) is 3.09. The Balaban J connectivity index is 2.65. The van der Waals surface area contributed by atoms with Gasteiger partial charge in [0.05, 0.1) is 5.52 Å². The summed E-state index contributed by atoms with van der Waals surface area (Å²) < 4.78 is 2.08. The van der Waals surface area contributed by atoms with E-state index in [4.69, 9.17) is 0 Å². The van der Waals surface area contributed by atoms with Gasteiger partial charge in [0.1, 0.15) is 0 Å². The summed E-state index contributed by atoms with van der Waals surface area (Å²) >= 11 is 0. The lowest BCUT2D eigenvalue weighted by atomic mass is 10.3. The Morgan fingerprint density at radius 1 is 1.46 bits per heavy atom. The van der Waals surface area contributed by atoms with Gasteiger partial charge in [-0.05, 0) is 19.1 Å². The number of rotatable bonds is 2. The van der Waals surface area contributed by atoms with Crippen molar-refractivity contribution >= 4 is 16.7 Å². The van der Waals surface area contributed by atoms with Crippen LogP contribution in [0.3, 0.4) is 0 Å². The average molecular weight is 175 g/mol. The van der Waals surface area contributed by atoms with Crippen LogP contribution in [0.1, 0.15) is 6.92 Å². The largest absolute Gasteiger partial charge is 0.369 e. The van der Waals surface area contributed by atoms with Crippen LogP contribution in [0.4, 0.5) is 5.82 Å². The molecule has 1 N–H and O–H groups in total. The molecule has 0 aromatic carbocycles. The number of aromatic nitrogens is 2. The molecule has 0 unspecified atom stereocenters.